The van der Waals surface area contributed by atoms with Crippen LogP contribution < -0.4 is 0 Å². The number of nitrogens with zero attached hydrogens (tertiary/aromatic N) is 1. The third kappa shape index (κ3) is 3.94. The largest absolute Gasteiger partial charge is 0.450 e. The van der Waals surface area contributed by atoms with Crippen molar-refractivity contribution in [2.45, 2.75) is 6.42 Å². The van der Waals surface area contributed by atoms with Crippen LogP contribution in [-0.4, -0.2) is 36.5 Å². The molecule has 0 saturated heterocycles. The second-order valence-electron chi connectivity index (χ2n) is 6.55. The summed E-state index contributed by atoms with van der Waals surface area (Å²) in [5.41, 5.74) is 2.94. The fourth-order valence-corrected chi connectivity index (χ4v) is 3.40. The zero-order valence-electron chi connectivity index (χ0n) is 15.1. The Hall–Kier alpha value is -3.05. The van der Waals surface area contributed by atoms with E-state index in [1.165, 1.54) is 11.1 Å². The third-order valence-corrected chi connectivity index (χ3v) is 4.95. The molecule has 28 heavy (non-hydrogen) atoms. The smallest absolute Gasteiger partial charge is 0.374 e. The van der Waals surface area contributed by atoms with E-state index < -0.39 is 5.97 Å². The van der Waals surface area contributed by atoms with Crippen LogP contribution >= 0.6 is 11.6 Å². The molecule has 3 aromatic rings. The average Bonchev–Trinajstić information content (AvgIpc) is 3.16. The van der Waals surface area contributed by atoms with E-state index in [1.54, 1.807) is 29.2 Å². The van der Waals surface area contributed by atoms with Gasteiger partial charge in [-0.05, 0) is 41.8 Å². The predicted molar refractivity (Wildman–Crippen MR) is 107 cm³/mol. The summed E-state index contributed by atoms with van der Waals surface area (Å²) in [5.74, 6) is -0.843. The molecule has 0 unspecified atom stereocenters. The monoisotopic (exact) mass is 395 g/mol. The minimum Gasteiger partial charge on any atom is -0.450 e. The number of rotatable bonds is 4. The average molecular weight is 396 g/mol. The quantitative estimate of drug-likeness (QED) is 0.607. The Labute approximate surface area is 167 Å². The molecular weight excluding hydrogens is 378 g/mol. The topological polar surface area (TPSA) is 59.8 Å². The number of hydrogen-bond donors (Lipinski definition) is 0. The van der Waals surface area contributed by atoms with Gasteiger partial charge in [0, 0.05) is 23.5 Å². The molecule has 1 aliphatic rings. The highest BCUT2D eigenvalue weighted by atomic mass is 35.5. The Morgan fingerprint density at radius 1 is 1.11 bits per heavy atom. The van der Waals surface area contributed by atoms with Crippen molar-refractivity contribution in [1.82, 2.24) is 4.90 Å². The van der Waals surface area contributed by atoms with Gasteiger partial charge >= 0.3 is 5.97 Å². The van der Waals surface area contributed by atoms with Crippen molar-refractivity contribution in [1.29, 1.82) is 0 Å². The molecular formula is C22H18ClNO4. The van der Waals surface area contributed by atoms with Gasteiger partial charge < -0.3 is 14.1 Å². The van der Waals surface area contributed by atoms with Gasteiger partial charge in [0.15, 0.2) is 6.61 Å². The molecule has 0 aliphatic carbocycles. The zero-order chi connectivity index (χ0) is 19.5. The Morgan fingerprint density at radius 2 is 1.93 bits per heavy atom. The van der Waals surface area contributed by atoms with E-state index in [1.807, 2.05) is 24.3 Å². The number of esters is 1. The molecule has 1 aliphatic heterocycles. The van der Waals surface area contributed by atoms with Crippen LogP contribution in [0.2, 0.25) is 5.02 Å². The Bertz CT molecular complexity index is 1050. The van der Waals surface area contributed by atoms with Gasteiger partial charge in [-0.2, -0.15) is 0 Å². The fraction of sp³-hybridized carbons (Fsp3) is 0.182. The van der Waals surface area contributed by atoms with Crippen molar-refractivity contribution in [2.75, 3.05) is 19.7 Å². The highest BCUT2D eigenvalue weighted by molar-refractivity contribution is 6.31. The summed E-state index contributed by atoms with van der Waals surface area (Å²) in [7, 11) is 0. The molecule has 1 amide bonds. The normalized spacial score (nSPS) is 14.0. The Kier molecular flexibility index (Phi) is 5.17. The lowest BCUT2D eigenvalue weighted by atomic mass is 10.00. The summed E-state index contributed by atoms with van der Waals surface area (Å²) in [6.45, 7) is 0.787. The maximum absolute atomic E-state index is 12.4. The first-order valence-corrected chi connectivity index (χ1v) is 9.36. The van der Waals surface area contributed by atoms with E-state index >= 15 is 0 Å². The standard InChI is InChI=1S/C22H18ClNO4/c23-18-6-7-19-17(12-18)13-20(28-19)22(26)27-14-21(25)24-10-8-16(9-11-24)15-4-2-1-3-5-15/h1-8,12-13H,9-11,14H2. The molecule has 0 bridgehead atoms. The number of ether oxygens (including phenoxy) is 1. The van der Waals surface area contributed by atoms with Crippen molar-refractivity contribution < 1.29 is 18.7 Å². The van der Waals surface area contributed by atoms with Crippen molar-refractivity contribution in [3.63, 3.8) is 0 Å². The molecule has 1 aromatic heterocycles. The molecule has 0 saturated carbocycles. The van der Waals surface area contributed by atoms with Crippen LogP contribution in [0.15, 0.2) is 65.1 Å². The van der Waals surface area contributed by atoms with Crippen molar-refractivity contribution >= 4 is 40.0 Å². The molecule has 4 rings (SSSR count). The molecule has 5 nitrogen and oxygen atoms in total. The van der Waals surface area contributed by atoms with Crippen LogP contribution in [0.1, 0.15) is 22.5 Å². The molecule has 0 atom stereocenters. The van der Waals surface area contributed by atoms with Crippen molar-refractivity contribution in [2.24, 2.45) is 0 Å². The van der Waals surface area contributed by atoms with E-state index in [2.05, 4.69) is 12.1 Å². The van der Waals surface area contributed by atoms with Crippen LogP contribution in [0.4, 0.5) is 0 Å². The van der Waals surface area contributed by atoms with E-state index in [-0.39, 0.29) is 18.3 Å². The van der Waals surface area contributed by atoms with Gasteiger partial charge in [-0.25, -0.2) is 4.79 Å². The van der Waals surface area contributed by atoms with Gasteiger partial charge in [0.05, 0.1) is 0 Å². The Balaban J connectivity index is 1.34. The summed E-state index contributed by atoms with van der Waals surface area (Å²) < 4.78 is 10.6. The van der Waals surface area contributed by atoms with Crippen molar-refractivity contribution in [3.8, 4) is 0 Å². The fourth-order valence-electron chi connectivity index (χ4n) is 3.21. The first kappa shape index (κ1) is 18.3. The molecule has 0 N–H and O–H groups in total. The Morgan fingerprint density at radius 3 is 2.68 bits per heavy atom. The number of hydrogen-bond acceptors (Lipinski definition) is 4. The highest BCUT2D eigenvalue weighted by Crippen LogP contribution is 2.24. The molecule has 2 aromatic carbocycles. The first-order valence-electron chi connectivity index (χ1n) is 8.98. The molecule has 6 heteroatoms. The van der Waals surface area contributed by atoms with Crippen LogP contribution in [0.3, 0.4) is 0 Å². The summed E-state index contributed by atoms with van der Waals surface area (Å²) >= 11 is 5.93. The van der Waals surface area contributed by atoms with Crippen LogP contribution in [0, 0.1) is 0 Å². The molecule has 142 valence electrons. The lowest BCUT2D eigenvalue weighted by molar-refractivity contribution is -0.134. The maximum atomic E-state index is 12.4. The SMILES string of the molecule is O=C(OCC(=O)N1CC=C(c2ccccc2)CC1)c1cc2cc(Cl)ccc2o1. The second-order valence-corrected chi connectivity index (χ2v) is 6.99. The van der Waals surface area contributed by atoms with Crippen LogP contribution in [-0.2, 0) is 9.53 Å². The molecule has 2 heterocycles. The number of furan rings is 1. The van der Waals surface area contributed by atoms with Gasteiger partial charge in [0.1, 0.15) is 5.58 Å². The highest BCUT2D eigenvalue weighted by Gasteiger charge is 2.21. The lowest BCUT2D eigenvalue weighted by Gasteiger charge is -2.26. The number of fused-ring (bicyclic) bond motifs is 1. The zero-order valence-corrected chi connectivity index (χ0v) is 15.8. The number of carbonyl (C=O) groups is 2. The number of carbonyl (C=O) groups excluding carboxylic acids is 2. The minimum atomic E-state index is -0.668. The van der Waals surface area contributed by atoms with Gasteiger partial charge in [-0.1, -0.05) is 48.0 Å². The van der Waals surface area contributed by atoms with Gasteiger partial charge in [0.2, 0.25) is 5.76 Å². The van der Waals surface area contributed by atoms with Gasteiger partial charge in [-0.3, -0.25) is 4.79 Å². The summed E-state index contributed by atoms with van der Waals surface area (Å²) in [5, 5.41) is 1.26. The van der Waals surface area contributed by atoms with Crippen molar-refractivity contribution in [3.05, 3.63) is 77.0 Å². The summed E-state index contributed by atoms with van der Waals surface area (Å²) in [6.07, 6.45) is 2.82. The number of amides is 1. The van der Waals surface area contributed by atoms with Crippen LogP contribution in [0.5, 0.6) is 0 Å². The van der Waals surface area contributed by atoms with Gasteiger partial charge in [-0.15, -0.1) is 0 Å². The third-order valence-electron chi connectivity index (χ3n) is 4.71. The van der Waals surface area contributed by atoms with E-state index in [9.17, 15) is 9.59 Å². The van der Waals surface area contributed by atoms with E-state index in [4.69, 9.17) is 20.8 Å². The first-order chi connectivity index (χ1) is 13.6. The second kappa shape index (κ2) is 7.90. The van der Waals surface area contributed by atoms with E-state index in [0.717, 1.165) is 6.42 Å². The molecule has 0 spiro atoms. The number of halogens is 1. The number of benzene rings is 2. The summed E-state index contributed by atoms with van der Waals surface area (Å²) in [6, 6.07) is 16.7. The molecule has 0 radical (unpaired) electrons. The lowest BCUT2D eigenvalue weighted by Crippen LogP contribution is -2.37. The minimum absolute atomic E-state index is 0.0509. The van der Waals surface area contributed by atoms with Gasteiger partial charge in [0.25, 0.3) is 5.91 Å². The summed E-state index contributed by atoms with van der Waals surface area (Å²) in [4.78, 5) is 26.2. The molecule has 0 fully saturated rings. The predicted octanol–water partition coefficient (Wildman–Crippen LogP) is 4.56. The van der Waals surface area contributed by atoms with Crippen LogP contribution in [0.25, 0.3) is 16.5 Å². The van der Waals surface area contributed by atoms with E-state index in [0.29, 0.717) is 29.1 Å². The maximum Gasteiger partial charge on any atom is 0.374 e.